The number of para-hydroxylation sites is 1. The number of fused-ring (bicyclic) bond motifs is 1. The molecule has 0 N–H and O–H groups in total. The van der Waals surface area contributed by atoms with E-state index >= 15 is 0 Å². The van der Waals surface area contributed by atoms with Gasteiger partial charge in [-0.25, -0.2) is 0 Å². The van der Waals surface area contributed by atoms with Gasteiger partial charge in [0.2, 0.25) is 0 Å². The van der Waals surface area contributed by atoms with Crippen LogP contribution in [0.5, 0.6) is 0 Å². The number of rotatable bonds is 3. The topological polar surface area (TPSA) is 41.9 Å². The molecule has 2 heterocycles. The number of carbonyl (C=O) groups excluding carboxylic acids is 1. The van der Waals surface area contributed by atoms with Gasteiger partial charge in [0.25, 0.3) is 11.5 Å². The molecule has 0 spiro atoms. The fourth-order valence-corrected chi connectivity index (χ4v) is 4.61. The smallest absolute Gasteiger partial charge is 0.374 e. The van der Waals surface area contributed by atoms with Crippen LogP contribution in [0.3, 0.4) is 0 Å². The van der Waals surface area contributed by atoms with E-state index in [1.54, 1.807) is 29.2 Å². The predicted molar refractivity (Wildman–Crippen MR) is 124 cm³/mol. The fraction of sp³-hybridized carbons (Fsp3) is 0.231. The van der Waals surface area contributed by atoms with Crippen molar-refractivity contribution < 1.29 is 22.8 Å². The minimum atomic E-state index is -4.69. The van der Waals surface area contributed by atoms with E-state index in [1.165, 1.54) is 24.3 Å². The van der Waals surface area contributed by atoms with E-state index in [9.17, 15) is 18.0 Å². The Morgan fingerprint density at radius 3 is 2.41 bits per heavy atom. The molecule has 3 aromatic carbocycles. The van der Waals surface area contributed by atoms with Crippen LogP contribution in [0.4, 0.5) is 18.9 Å². The molecule has 2 aliphatic heterocycles. The third-order valence-corrected chi connectivity index (χ3v) is 6.57. The van der Waals surface area contributed by atoms with Gasteiger partial charge in [-0.05, 0) is 54.3 Å². The normalized spacial score (nSPS) is 19.9. The second-order valence-corrected chi connectivity index (χ2v) is 8.84. The van der Waals surface area contributed by atoms with Gasteiger partial charge in [-0.3, -0.25) is 4.79 Å². The van der Waals surface area contributed by atoms with Gasteiger partial charge >= 0.3 is 6.18 Å². The Bertz CT molecular complexity index is 1260. The van der Waals surface area contributed by atoms with Gasteiger partial charge in [-0.1, -0.05) is 59.2 Å². The Labute approximate surface area is 199 Å². The second kappa shape index (κ2) is 8.47. The maximum Gasteiger partial charge on any atom is 0.435 e. The molecule has 0 radical (unpaired) electrons. The van der Waals surface area contributed by atoms with Gasteiger partial charge in [-0.2, -0.15) is 13.2 Å². The van der Waals surface area contributed by atoms with E-state index < -0.39 is 18.2 Å². The molecule has 1 atom stereocenters. The molecular formula is C26H20ClF3N2O2. The lowest BCUT2D eigenvalue weighted by Gasteiger charge is -2.29. The monoisotopic (exact) mass is 484 g/mol. The predicted octanol–water partition coefficient (Wildman–Crippen LogP) is 6.52. The number of aryl methyl sites for hydroxylation is 1. The first-order chi connectivity index (χ1) is 16.3. The lowest BCUT2D eigenvalue weighted by molar-refractivity contribution is -0.275. The Morgan fingerprint density at radius 1 is 1.00 bits per heavy atom. The van der Waals surface area contributed by atoms with Crippen LogP contribution in [-0.2, 0) is 16.9 Å². The molecule has 0 saturated heterocycles. The van der Waals surface area contributed by atoms with Crippen molar-refractivity contribution in [2.75, 3.05) is 11.4 Å². The first-order valence-corrected chi connectivity index (χ1v) is 11.2. The summed E-state index contributed by atoms with van der Waals surface area (Å²) in [5.74, 6) is -0.144. The summed E-state index contributed by atoms with van der Waals surface area (Å²) in [5, 5.41) is 4.12. The molecule has 174 valence electrons. The van der Waals surface area contributed by atoms with Crippen molar-refractivity contribution in [3.05, 3.63) is 100 Å². The molecule has 0 aliphatic carbocycles. The lowest BCUT2D eigenvalue weighted by Crippen LogP contribution is -2.42. The molecule has 0 fully saturated rings. The molecule has 0 bridgehead atoms. The number of nitrogens with zero attached hydrogens (tertiary/aromatic N) is 2. The van der Waals surface area contributed by atoms with Crippen molar-refractivity contribution in [2.24, 2.45) is 5.16 Å². The van der Waals surface area contributed by atoms with Crippen LogP contribution in [0.15, 0.2) is 78.0 Å². The molecule has 3 aromatic rings. The Balaban J connectivity index is 1.38. The highest BCUT2D eigenvalue weighted by Crippen LogP contribution is 2.48. The highest BCUT2D eigenvalue weighted by molar-refractivity contribution is 6.30. The zero-order valence-electron chi connectivity index (χ0n) is 18.0. The fourth-order valence-electron chi connectivity index (χ4n) is 4.48. The summed E-state index contributed by atoms with van der Waals surface area (Å²) in [6.45, 7) is 0.618. The molecule has 34 heavy (non-hydrogen) atoms. The van der Waals surface area contributed by atoms with Crippen LogP contribution >= 0.6 is 11.6 Å². The summed E-state index contributed by atoms with van der Waals surface area (Å²) < 4.78 is 42.3. The minimum absolute atomic E-state index is 0.0706. The summed E-state index contributed by atoms with van der Waals surface area (Å²) in [5.41, 5.74) is 0.457. The van der Waals surface area contributed by atoms with Crippen LogP contribution < -0.4 is 4.90 Å². The number of anilines is 1. The Morgan fingerprint density at radius 2 is 1.71 bits per heavy atom. The van der Waals surface area contributed by atoms with Gasteiger partial charge in [0.1, 0.15) is 0 Å². The first kappa shape index (κ1) is 22.5. The molecule has 1 unspecified atom stereocenters. The summed E-state index contributed by atoms with van der Waals surface area (Å²) in [6.07, 6.45) is -3.37. The van der Waals surface area contributed by atoms with Crippen molar-refractivity contribution in [3.8, 4) is 0 Å². The minimum Gasteiger partial charge on any atom is -0.374 e. The van der Waals surface area contributed by atoms with Gasteiger partial charge < -0.3 is 9.74 Å². The van der Waals surface area contributed by atoms with Crippen LogP contribution in [0, 0.1) is 0 Å². The largest absolute Gasteiger partial charge is 0.435 e. The van der Waals surface area contributed by atoms with E-state index in [0.717, 1.165) is 24.1 Å². The number of hydrogen-bond donors (Lipinski definition) is 0. The average molecular weight is 485 g/mol. The van der Waals surface area contributed by atoms with Crippen LogP contribution in [-0.4, -0.2) is 24.3 Å². The molecule has 8 heteroatoms. The standard InChI is InChI=1S/C26H20ClF3N2O2/c27-21-13-11-20(12-14-21)25(26(28,29)30)16-22(31-34-25)17-7-9-19(10-8-17)24(33)32-15-3-5-18-4-1-2-6-23(18)32/h1-2,4,6-14H,3,5,15-16H2. The lowest BCUT2D eigenvalue weighted by atomic mass is 9.86. The molecule has 4 nitrogen and oxygen atoms in total. The Hall–Kier alpha value is -3.32. The highest BCUT2D eigenvalue weighted by Gasteiger charge is 2.62. The maximum atomic E-state index is 14.1. The average Bonchev–Trinajstić information content (AvgIpc) is 3.31. The third-order valence-electron chi connectivity index (χ3n) is 6.32. The number of benzene rings is 3. The van der Waals surface area contributed by atoms with Gasteiger partial charge in [0, 0.05) is 34.8 Å². The second-order valence-electron chi connectivity index (χ2n) is 8.40. The summed E-state index contributed by atoms with van der Waals surface area (Å²) >= 11 is 5.85. The van der Waals surface area contributed by atoms with Crippen LogP contribution in [0.2, 0.25) is 5.02 Å². The van der Waals surface area contributed by atoms with Crippen molar-refractivity contribution >= 4 is 28.9 Å². The molecule has 0 aromatic heterocycles. The van der Waals surface area contributed by atoms with Gasteiger partial charge in [0.05, 0.1) is 5.71 Å². The quantitative estimate of drug-likeness (QED) is 0.425. The number of carbonyl (C=O) groups is 1. The molecule has 1 amide bonds. The van der Waals surface area contributed by atoms with Gasteiger partial charge in [-0.15, -0.1) is 0 Å². The van der Waals surface area contributed by atoms with E-state index in [1.807, 2.05) is 24.3 Å². The molecule has 2 aliphatic rings. The van der Waals surface area contributed by atoms with Crippen molar-refractivity contribution in [2.45, 2.75) is 31.0 Å². The van der Waals surface area contributed by atoms with Crippen LogP contribution in [0.1, 0.15) is 39.9 Å². The number of amides is 1. The number of oxime groups is 1. The van der Waals surface area contributed by atoms with Gasteiger partial charge in [0.15, 0.2) is 0 Å². The first-order valence-electron chi connectivity index (χ1n) is 10.9. The number of halogens is 4. The van der Waals surface area contributed by atoms with E-state index in [0.29, 0.717) is 22.7 Å². The zero-order valence-corrected chi connectivity index (χ0v) is 18.7. The molecule has 0 saturated carbocycles. The number of alkyl halides is 3. The maximum absolute atomic E-state index is 14.1. The third kappa shape index (κ3) is 3.84. The van der Waals surface area contributed by atoms with E-state index in [2.05, 4.69) is 5.16 Å². The SMILES string of the molecule is O=C(c1ccc(C2=NOC(c3ccc(Cl)cc3)(C(F)(F)F)C2)cc1)N1CCCc2ccccc21. The van der Waals surface area contributed by atoms with Crippen LogP contribution in [0.25, 0.3) is 0 Å². The summed E-state index contributed by atoms with van der Waals surface area (Å²) in [7, 11) is 0. The molecule has 5 rings (SSSR count). The van der Waals surface area contributed by atoms with Crippen molar-refractivity contribution in [3.63, 3.8) is 0 Å². The summed E-state index contributed by atoms with van der Waals surface area (Å²) in [4.78, 5) is 20.0. The Kier molecular flexibility index (Phi) is 5.60. The van der Waals surface area contributed by atoms with Crippen molar-refractivity contribution in [1.82, 2.24) is 0 Å². The van der Waals surface area contributed by atoms with E-state index in [-0.39, 0.29) is 17.2 Å². The van der Waals surface area contributed by atoms with E-state index in [4.69, 9.17) is 16.4 Å². The zero-order chi connectivity index (χ0) is 23.9. The highest BCUT2D eigenvalue weighted by atomic mass is 35.5. The molecular weight excluding hydrogens is 465 g/mol. The number of hydrogen-bond acceptors (Lipinski definition) is 3. The van der Waals surface area contributed by atoms with Crippen molar-refractivity contribution in [1.29, 1.82) is 0 Å². The summed E-state index contributed by atoms with van der Waals surface area (Å²) in [6, 6.07) is 19.6.